The lowest BCUT2D eigenvalue weighted by Gasteiger charge is -2.39. The van der Waals surface area contributed by atoms with E-state index in [4.69, 9.17) is 23.2 Å². The van der Waals surface area contributed by atoms with Crippen LogP contribution in [0.15, 0.2) is 96.0 Å². The molecule has 2 N–H and O–H groups in total. The van der Waals surface area contributed by atoms with E-state index in [1.54, 1.807) is 24.3 Å². The van der Waals surface area contributed by atoms with E-state index in [1.165, 1.54) is 4.31 Å². The second-order valence-electron chi connectivity index (χ2n) is 10.6. The number of amides is 1. The number of sulfonamides is 1. The Bertz CT molecular complexity index is 1810. The van der Waals surface area contributed by atoms with E-state index in [-0.39, 0.29) is 23.1 Å². The molecule has 7 nitrogen and oxygen atoms in total. The van der Waals surface area contributed by atoms with E-state index in [0.29, 0.717) is 29.2 Å². The van der Waals surface area contributed by atoms with Crippen LogP contribution in [-0.4, -0.2) is 39.8 Å². The number of carbonyl (C=O) groups is 1. The van der Waals surface area contributed by atoms with Crippen molar-refractivity contribution >= 4 is 50.7 Å². The highest BCUT2D eigenvalue weighted by atomic mass is 35.5. The number of carbonyl (C=O) groups excluding carboxylic acids is 1. The first kappa shape index (κ1) is 29.2. The molecular formula is C33H30Cl2N4O3S. The van der Waals surface area contributed by atoms with Gasteiger partial charge >= 0.3 is 0 Å². The number of para-hydroxylation sites is 1. The minimum atomic E-state index is -3.95. The predicted octanol–water partition coefficient (Wildman–Crippen LogP) is 6.15. The van der Waals surface area contributed by atoms with Gasteiger partial charge < -0.3 is 10.6 Å². The first-order chi connectivity index (χ1) is 20.8. The van der Waals surface area contributed by atoms with Gasteiger partial charge in [-0.2, -0.15) is 0 Å². The van der Waals surface area contributed by atoms with Crippen molar-refractivity contribution in [2.45, 2.75) is 24.6 Å². The van der Waals surface area contributed by atoms with Gasteiger partial charge in [0, 0.05) is 24.2 Å². The molecule has 4 aromatic carbocycles. The SMILES string of the molecule is O=C(CC1c2ccccc2-c2ccccc2N1S(=O)(=O)Cc1ccc(Cl)c(Cl)c1)NCCc1ccc(C2=NCCN2)cc1. The average Bonchev–Trinajstić information content (AvgIpc) is 3.54. The fourth-order valence-electron chi connectivity index (χ4n) is 5.68. The Morgan fingerprint density at radius 2 is 1.63 bits per heavy atom. The monoisotopic (exact) mass is 632 g/mol. The van der Waals surface area contributed by atoms with Gasteiger partial charge in [-0.3, -0.25) is 14.1 Å². The maximum Gasteiger partial charge on any atom is 0.239 e. The van der Waals surface area contributed by atoms with Crippen molar-refractivity contribution in [3.05, 3.63) is 123 Å². The Labute approximate surface area is 261 Å². The topological polar surface area (TPSA) is 90.9 Å². The van der Waals surface area contributed by atoms with E-state index in [9.17, 15) is 13.2 Å². The molecule has 0 fully saturated rings. The number of hydrogen-bond donors (Lipinski definition) is 2. The van der Waals surface area contributed by atoms with Crippen LogP contribution in [0.5, 0.6) is 0 Å². The molecule has 4 aromatic rings. The molecule has 2 heterocycles. The van der Waals surface area contributed by atoms with Crippen molar-refractivity contribution in [3.63, 3.8) is 0 Å². The normalized spacial score (nSPS) is 15.7. The van der Waals surface area contributed by atoms with Gasteiger partial charge in [-0.05, 0) is 46.9 Å². The van der Waals surface area contributed by atoms with E-state index in [2.05, 4.69) is 15.6 Å². The largest absolute Gasteiger partial charge is 0.368 e. The number of benzene rings is 4. The summed E-state index contributed by atoms with van der Waals surface area (Å²) in [5.74, 6) is 0.388. The van der Waals surface area contributed by atoms with Crippen LogP contribution in [0.25, 0.3) is 11.1 Å². The van der Waals surface area contributed by atoms with Crippen molar-refractivity contribution in [1.82, 2.24) is 10.6 Å². The standard InChI is InChI=1S/C33H30Cl2N4O3S/c34-28-14-11-23(19-29(28)35)21-43(41,42)39-30-8-4-3-6-26(30)25-5-1-2-7-27(25)31(39)20-32(40)36-16-15-22-9-12-24(13-10-22)33-37-17-18-38-33/h1-14,19,31H,15-18,20-21H2,(H,36,40)(H,37,38). The van der Waals surface area contributed by atoms with Crippen LogP contribution in [0.4, 0.5) is 5.69 Å². The number of nitrogens with one attached hydrogen (secondary N) is 2. The summed E-state index contributed by atoms with van der Waals surface area (Å²) >= 11 is 12.3. The van der Waals surface area contributed by atoms with Crippen molar-refractivity contribution in [3.8, 4) is 11.1 Å². The van der Waals surface area contributed by atoms with Gasteiger partial charge in [0.1, 0.15) is 5.84 Å². The Morgan fingerprint density at radius 3 is 2.37 bits per heavy atom. The Kier molecular flexibility index (Phi) is 8.43. The van der Waals surface area contributed by atoms with Gasteiger partial charge in [0.2, 0.25) is 15.9 Å². The zero-order valence-electron chi connectivity index (χ0n) is 23.3. The van der Waals surface area contributed by atoms with E-state index in [1.807, 2.05) is 66.7 Å². The maximum atomic E-state index is 14.1. The highest BCUT2D eigenvalue weighted by molar-refractivity contribution is 7.92. The summed E-state index contributed by atoms with van der Waals surface area (Å²) in [6.07, 6.45) is 0.617. The molecule has 0 saturated heterocycles. The second-order valence-corrected chi connectivity index (χ2v) is 13.2. The summed E-state index contributed by atoms with van der Waals surface area (Å²) in [6.45, 7) is 2.07. The minimum Gasteiger partial charge on any atom is -0.368 e. The van der Waals surface area contributed by atoms with Gasteiger partial charge in [-0.1, -0.05) is 96.0 Å². The predicted molar refractivity (Wildman–Crippen MR) is 173 cm³/mol. The third-order valence-electron chi connectivity index (χ3n) is 7.68. The maximum absolute atomic E-state index is 14.1. The van der Waals surface area contributed by atoms with Crippen molar-refractivity contribution in [2.75, 3.05) is 23.9 Å². The van der Waals surface area contributed by atoms with E-state index in [0.717, 1.165) is 46.7 Å². The summed E-state index contributed by atoms with van der Waals surface area (Å²) in [5.41, 5.74) is 5.69. The lowest BCUT2D eigenvalue weighted by molar-refractivity contribution is -0.121. The molecule has 2 aliphatic heterocycles. The molecule has 6 rings (SSSR count). The molecule has 0 spiro atoms. The molecule has 10 heteroatoms. The first-order valence-corrected chi connectivity index (χ1v) is 16.5. The molecule has 1 atom stereocenters. The number of fused-ring (bicyclic) bond motifs is 3. The van der Waals surface area contributed by atoms with Crippen molar-refractivity contribution in [1.29, 1.82) is 0 Å². The fraction of sp³-hybridized carbons (Fsp3) is 0.212. The molecule has 0 aliphatic carbocycles. The smallest absolute Gasteiger partial charge is 0.239 e. The van der Waals surface area contributed by atoms with E-state index >= 15 is 0 Å². The van der Waals surface area contributed by atoms with Crippen LogP contribution in [0.2, 0.25) is 10.0 Å². The molecule has 2 aliphatic rings. The lowest BCUT2D eigenvalue weighted by atomic mass is 9.88. The van der Waals surface area contributed by atoms with Gasteiger partial charge in [0.05, 0.1) is 40.5 Å². The highest BCUT2D eigenvalue weighted by Gasteiger charge is 2.39. The summed E-state index contributed by atoms with van der Waals surface area (Å²) in [4.78, 5) is 17.8. The third kappa shape index (κ3) is 6.27. The summed E-state index contributed by atoms with van der Waals surface area (Å²) < 4.78 is 29.7. The van der Waals surface area contributed by atoms with Crippen molar-refractivity contribution in [2.24, 2.45) is 4.99 Å². The van der Waals surface area contributed by atoms with Gasteiger partial charge in [-0.25, -0.2) is 8.42 Å². The van der Waals surface area contributed by atoms with Gasteiger partial charge in [0.25, 0.3) is 0 Å². The molecule has 0 bridgehead atoms. The average molecular weight is 634 g/mol. The van der Waals surface area contributed by atoms with Crippen LogP contribution in [0.3, 0.4) is 0 Å². The van der Waals surface area contributed by atoms with Crippen LogP contribution in [0.1, 0.15) is 34.7 Å². The summed E-state index contributed by atoms with van der Waals surface area (Å²) in [7, 11) is -3.95. The van der Waals surface area contributed by atoms with Crippen molar-refractivity contribution < 1.29 is 13.2 Å². The quantitative estimate of drug-likeness (QED) is 0.232. The van der Waals surface area contributed by atoms with Gasteiger partial charge in [-0.15, -0.1) is 0 Å². The summed E-state index contributed by atoms with van der Waals surface area (Å²) in [5, 5.41) is 6.92. The molecule has 0 saturated carbocycles. The number of nitrogens with zero attached hydrogens (tertiary/aromatic N) is 2. The number of amidine groups is 1. The van der Waals surface area contributed by atoms with Crippen LogP contribution < -0.4 is 14.9 Å². The molecule has 0 aromatic heterocycles. The van der Waals surface area contributed by atoms with E-state index < -0.39 is 16.1 Å². The number of hydrogen-bond acceptors (Lipinski definition) is 5. The Hall–Kier alpha value is -3.85. The van der Waals surface area contributed by atoms with Crippen LogP contribution >= 0.6 is 23.2 Å². The zero-order chi connectivity index (χ0) is 30.0. The zero-order valence-corrected chi connectivity index (χ0v) is 25.6. The number of aliphatic imine (C=N–C) groups is 1. The Balaban J connectivity index is 1.23. The minimum absolute atomic E-state index is 0.0314. The molecular weight excluding hydrogens is 603 g/mol. The molecule has 43 heavy (non-hydrogen) atoms. The lowest BCUT2D eigenvalue weighted by Crippen LogP contribution is -2.41. The molecule has 0 radical (unpaired) electrons. The third-order valence-corrected chi connectivity index (χ3v) is 10.2. The van der Waals surface area contributed by atoms with Gasteiger partial charge in [0.15, 0.2) is 0 Å². The number of anilines is 1. The first-order valence-electron chi connectivity index (χ1n) is 14.1. The molecule has 1 amide bonds. The molecule has 220 valence electrons. The summed E-state index contributed by atoms with van der Waals surface area (Å²) in [6, 6.07) is 27.3. The second kappa shape index (κ2) is 12.4. The van der Waals surface area contributed by atoms with Crippen LogP contribution in [-0.2, 0) is 27.0 Å². The van der Waals surface area contributed by atoms with Crippen LogP contribution in [0, 0.1) is 0 Å². The number of halogens is 2. The Morgan fingerprint density at radius 1 is 0.907 bits per heavy atom. The molecule has 1 unspecified atom stereocenters. The highest BCUT2D eigenvalue weighted by Crippen LogP contribution is 2.47. The number of rotatable bonds is 9. The fourth-order valence-corrected chi connectivity index (χ4v) is 7.78.